The first-order chi connectivity index (χ1) is 8.15. The number of carboxylic acids is 1. The molecule has 0 atom stereocenters. The third kappa shape index (κ3) is 4.26. The molecule has 0 heterocycles. The van der Waals surface area contributed by atoms with E-state index in [1.54, 1.807) is 6.07 Å². The molecule has 0 saturated heterocycles. The van der Waals surface area contributed by atoms with Crippen molar-refractivity contribution in [3.8, 4) is 5.75 Å². The highest BCUT2D eigenvalue weighted by Gasteiger charge is 2.04. The molecule has 0 fully saturated rings. The molecule has 0 spiro atoms. The van der Waals surface area contributed by atoms with Gasteiger partial charge in [-0.2, -0.15) is 0 Å². The molecule has 0 aliphatic heterocycles. The first kappa shape index (κ1) is 13.2. The molecule has 0 radical (unpaired) electrons. The summed E-state index contributed by atoms with van der Waals surface area (Å²) in [6.07, 6.45) is 2.85. The molecule has 17 heavy (non-hydrogen) atoms. The Balaban J connectivity index is 2.87. The van der Waals surface area contributed by atoms with E-state index in [1.165, 1.54) is 6.08 Å². The van der Waals surface area contributed by atoms with Crippen molar-refractivity contribution in [2.45, 2.75) is 13.3 Å². The summed E-state index contributed by atoms with van der Waals surface area (Å²) in [5.41, 5.74) is 1.59. The summed E-state index contributed by atoms with van der Waals surface area (Å²) in [6.45, 7) is 1.73. The predicted molar refractivity (Wildman–Crippen MR) is 63.9 cm³/mol. The quantitative estimate of drug-likeness (QED) is 0.612. The second kappa shape index (κ2) is 6.68. The lowest BCUT2D eigenvalue weighted by molar-refractivity contribution is -0.131. The smallest absolute Gasteiger partial charge is 0.328 e. The Labute approximate surface area is 99.5 Å². The lowest BCUT2D eigenvalue weighted by Gasteiger charge is -2.11. The second-order valence-corrected chi connectivity index (χ2v) is 3.56. The van der Waals surface area contributed by atoms with Gasteiger partial charge in [-0.1, -0.05) is 18.2 Å². The Morgan fingerprint density at radius 3 is 2.94 bits per heavy atom. The number of aliphatic carboxylic acids is 1. The summed E-state index contributed by atoms with van der Waals surface area (Å²) < 4.78 is 17.4. The summed E-state index contributed by atoms with van der Waals surface area (Å²) in [5.74, 6) is -0.403. The van der Waals surface area contributed by atoms with Crippen LogP contribution in [-0.2, 0) is 4.79 Å². The van der Waals surface area contributed by atoms with Gasteiger partial charge >= 0.3 is 5.97 Å². The van der Waals surface area contributed by atoms with Gasteiger partial charge in [0.2, 0.25) is 0 Å². The molecule has 0 bridgehead atoms. The van der Waals surface area contributed by atoms with Crippen molar-refractivity contribution in [3.05, 3.63) is 35.4 Å². The number of ether oxygens (including phenoxy) is 1. The molecular weight excluding hydrogens is 223 g/mol. The topological polar surface area (TPSA) is 46.5 Å². The molecule has 3 nitrogen and oxygen atoms in total. The van der Waals surface area contributed by atoms with Gasteiger partial charge in [0.25, 0.3) is 0 Å². The zero-order valence-electron chi connectivity index (χ0n) is 9.65. The molecule has 92 valence electrons. The van der Waals surface area contributed by atoms with Gasteiger partial charge in [0.05, 0.1) is 13.3 Å². The fraction of sp³-hybridized carbons (Fsp3) is 0.308. The Kier molecular flexibility index (Phi) is 5.20. The van der Waals surface area contributed by atoms with Gasteiger partial charge in [0.1, 0.15) is 5.75 Å². The molecule has 0 aliphatic carbocycles. The average Bonchev–Trinajstić information content (AvgIpc) is 2.29. The number of hydrogen-bond acceptors (Lipinski definition) is 2. The van der Waals surface area contributed by atoms with Gasteiger partial charge in [0.15, 0.2) is 0 Å². The highest BCUT2D eigenvalue weighted by Crippen LogP contribution is 2.24. The summed E-state index contributed by atoms with van der Waals surface area (Å²) >= 11 is 0. The highest BCUT2D eigenvalue weighted by molar-refractivity contribution is 5.86. The van der Waals surface area contributed by atoms with Crippen molar-refractivity contribution in [2.75, 3.05) is 13.3 Å². The number of carbonyl (C=O) groups is 1. The van der Waals surface area contributed by atoms with Crippen LogP contribution in [0.4, 0.5) is 4.39 Å². The molecule has 0 unspecified atom stereocenters. The van der Waals surface area contributed by atoms with Crippen molar-refractivity contribution in [1.82, 2.24) is 0 Å². The van der Waals surface area contributed by atoms with Crippen molar-refractivity contribution >= 4 is 12.0 Å². The maximum Gasteiger partial charge on any atom is 0.328 e. The van der Waals surface area contributed by atoms with Gasteiger partial charge in [-0.3, -0.25) is 4.39 Å². The number of halogens is 1. The number of hydrogen-bond donors (Lipinski definition) is 1. The first-order valence-corrected chi connectivity index (χ1v) is 5.34. The Hall–Kier alpha value is -1.84. The Morgan fingerprint density at radius 1 is 1.53 bits per heavy atom. The molecule has 4 heteroatoms. The van der Waals surface area contributed by atoms with Crippen LogP contribution in [0.5, 0.6) is 5.75 Å². The zero-order chi connectivity index (χ0) is 12.7. The molecule has 0 aromatic heterocycles. The largest absolute Gasteiger partial charge is 0.493 e. The van der Waals surface area contributed by atoms with E-state index in [9.17, 15) is 9.18 Å². The summed E-state index contributed by atoms with van der Waals surface area (Å²) in [7, 11) is 0. The van der Waals surface area contributed by atoms with E-state index in [0.717, 1.165) is 11.6 Å². The van der Waals surface area contributed by atoms with Crippen LogP contribution in [-0.4, -0.2) is 24.4 Å². The minimum absolute atomic E-state index is 0.287. The first-order valence-electron chi connectivity index (χ1n) is 5.34. The van der Waals surface area contributed by atoms with Crippen LogP contribution in [0.2, 0.25) is 0 Å². The minimum atomic E-state index is -1.01. The van der Waals surface area contributed by atoms with Gasteiger partial charge in [0, 0.05) is 18.1 Å². The fourth-order valence-corrected chi connectivity index (χ4v) is 1.39. The summed E-state index contributed by atoms with van der Waals surface area (Å²) in [6, 6.07) is 5.44. The van der Waals surface area contributed by atoms with Crippen molar-refractivity contribution < 1.29 is 19.0 Å². The third-order valence-corrected chi connectivity index (χ3v) is 2.17. The van der Waals surface area contributed by atoms with E-state index in [0.29, 0.717) is 17.7 Å². The Bertz CT molecular complexity index is 413. The molecular formula is C13H15FO3. The highest BCUT2D eigenvalue weighted by atomic mass is 19.1. The van der Waals surface area contributed by atoms with Crippen molar-refractivity contribution in [2.24, 2.45) is 0 Å². The third-order valence-electron chi connectivity index (χ3n) is 2.17. The number of benzene rings is 1. The average molecular weight is 238 g/mol. The Morgan fingerprint density at radius 2 is 2.29 bits per heavy atom. The molecule has 0 aliphatic rings. The van der Waals surface area contributed by atoms with E-state index >= 15 is 0 Å². The molecule has 1 aromatic carbocycles. The number of carboxylic acid groups (broad SMARTS) is 1. The van der Waals surface area contributed by atoms with E-state index < -0.39 is 12.6 Å². The van der Waals surface area contributed by atoms with Gasteiger partial charge < -0.3 is 9.84 Å². The molecule has 1 N–H and O–H groups in total. The van der Waals surface area contributed by atoms with Gasteiger partial charge in [-0.05, 0) is 18.6 Å². The summed E-state index contributed by atoms with van der Waals surface area (Å²) in [4.78, 5) is 10.5. The maximum absolute atomic E-state index is 12.0. The van der Waals surface area contributed by atoms with Crippen molar-refractivity contribution in [3.63, 3.8) is 0 Å². The van der Waals surface area contributed by atoms with Crippen LogP contribution in [0.3, 0.4) is 0 Å². The number of rotatable bonds is 6. The van der Waals surface area contributed by atoms with E-state index in [-0.39, 0.29) is 6.61 Å². The van der Waals surface area contributed by atoms with Crippen LogP contribution < -0.4 is 4.74 Å². The van der Waals surface area contributed by atoms with Crippen LogP contribution in [0.15, 0.2) is 24.3 Å². The van der Waals surface area contributed by atoms with Crippen molar-refractivity contribution in [1.29, 1.82) is 0 Å². The number of alkyl halides is 1. The van der Waals surface area contributed by atoms with E-state index in [1.807, 2.05) is 19.1 Å². The van der Waals surface area contributed by atoms with Gasteiger partial charge in [-0.15, -0.1) is 0 Å². The lowest BCUT2D eigenvalue weighted by atomic mass is 10.1. The molecule has 1 rings (SSSR count). The lowest BCUT2D eigenvalue weighted by Crippen LogP contribution is -2.01. The SMILES string of the molecule is Cc1cccc(/C=C/C(=O)O)c1OCCCF. The molecule has 1 aromatic rings. The van der Waals surface area contributed by atoms with E-state index in [4.69, 9.17) is 9.84 Å². The second-order valence-electron chi connectivity index (χ2n) is 3.56. The van der Waals surface area contributed by atoms with E-state index in [2.05, 4.69) is 0 Å². The van der Waals surface area contributed by atoms with Crippen LogP contribution in [0.25, 0.3) is 6.08 Å². The monoisotopic (exact) mass is 238 g/mol. The summed E-state index contributed by atoms with van der Waals surface area (Å²) in [5, 5.41) is 8.57. The minimum Gasteiger partial charge on any atom is -0.493 e. The fourth-order valence-electron chi connectivity index (χ4n) is 1.39. The normalized spacial score (nSPS) is 10.7. The molecule has 0 saturated carbocycles. The molecule has 0 amide bonds. The van der Waals surface area contributed by atoms with Gasteiger partial charge in [-0.25, -0.2) is 4.79 Å². The van der Waals surface area contributed by atoms with Crippen LogP contribution in [0, 0.1) is 6.92 Å². The standard InChI is InChI=1S/C13H15FO3/c1-10-4-2-5-11(6-7-12(15)16)13(10)17-9-3-8-14/h2,4-7H,3,8-9H2,1H3,(H,15,16)/b7-6+. The number of aryl methyl sites for hydroxylation is 1. The zero-order valence-corrected chi connectivity index (χ0v) is 9.65. The van der Waals surface area contributed by atoms with Crippen LogP contribution >= 0.6 is 0 Å². The van der Waals surface area contributed by atoms with Crippen LogP contribution in [0.1, 0.15) is 17.5 Å². The number of para-hydroxylation sites is 1. The maximum atomic E-state index is 12.0. The predicted octanol–water partition coefficient (Wildman–Crippen LogP) is 2.83.